The third-order valence-corrected chi connectivity index (χ3v) is 3.70. The maximum absolute atomic E-state index is 6.12. The molecule has 1 aromatic carbocycles. The third-order valence-electron chi connectivity index (χ3n) is 3.40. The Balaban J connectivity index is 2.16. The summed E-state index contributed by atoms with van der Waals surface area (Å²) in [7, 11) is 3.14. The van der Waals surface area contributed by atoms with Crippen molar-refractivity contribution in [1.29, 1.82) is 0 Å². The molecule has 0 radical (unpaired) electrons. The molecule has 24 heavy (non-hydrogen) atoms. The van der Waals surface area contributed by atoms with Gasteiger partial charge in [-0.05, 0) is 18.4 Å². The fraction of sp³-hybridized carbons (Fsp3) is 0.412. The molecule has 130 valence electrons. The Morgan fingerprint density at radius 2 is 1.92 bits per heavy atom. The average Bonchev–Trinajstić information content (AvgIpc) is 2.56. The summed E-state index contributed by atoms with van der Waals surface area (Å²) in [6, 6.07) is 5.28. The van der Waals surface area contributed by atoms with E-state index < -0.39 is 0 Å². The van der Waals surface area contributed by atoms with Crippen LogP contribution in [0.15, 0.2) is 24.4 Å². The van der Waals surface area contributed by atoms with Gasteiger partial charge < -0.3 is 20.1 Å². The molecule has 0 spiro atoms. The molecule has 0 saturated heterocycles. The van der Waals surface area contributed by atoms with Crippen molar-refractivity contribution in [3.05, 3.63) is 29.4 Å². The number of rotatable bonds is 8. The van der Waals surface area contributed by atoms with Crippen LogP contribution in [0.25, 0.3) is 0 Å². The normalized spacial score (nSPS) is 10.6. The molecule has 2 N–H and O–H groups in total. The molecular weight excluding hydrogens is 328 g/mol. The van der Waals surface area contributed by atoms with Gasteiger partial charge in [-0.1, -0.05) is 25.4 Å². The van der Waals surface area contributed by atoms with Crippen LogP contribution in [0.2, 0.25) is 5.02 Å². The van der Waals surface area contributed by atoms with Gasteiger partial charge >= 0.3 is 0 Å². The Kier molecular flexibility index (Phi) is 6.49. The Bertz CT molecular complexity index is 680. The number of hydrogen-bond donors (Lipinski definition) is 2. The summed E-state index contributed by atoms with van der Waals surface area (Å²) in [4.78, 5) is 8.70. The summed E-state index contributed by atoms with van der Waals surface area (Å²) in [5.74, 6) is 3.01. The van der Waals surface area contributed by atoms with Gasteiger partial charge in [-0.15, -0.1) is 0 Å². The highest BCUT2D eigenvalue weighted by atomic mass is 35.5. The van der Waals surface area contributed by atoms with Crippen molar-refractivity contribution in [3.63, 3.8) is 0 Å². The number of anilines is 3. The minimum atomic E-state index is 0.465. The maximum Gasteiger partial charge on any atom is 0.229 e. The number of benzene rings is 1. The lowest BCUT2D eigenvalue weighted by Gasteiger charge is -2.14. The van der Waals surface area contributed by atoms with E-state index >= 15 is 0 Å². The zero-order valence-corrected chi connectivity index (χ0v) is 15.1. The second-order valence-corrected chi connectivity index (χ2v) is 6.09. The van der Waals surface area contributed by atoms with Crippen LogP contribution in [0.3, 0.4) is 0 Å². The van der Waals surface area contributed by atoms with Gasteiger partial charge in [0.05, 0.1) is 24.9 Å². The molecule has 0 bridgehead atoms. The molecule has 6 nitrogen and oxygen atoms in total. The lowest BCUT2D eigenvalue weighted by Crippen LogP contribution is -2.07. The minimum absolute atomic E-state index is 0.465. The van der Waals surface area contributed by atoms with Gasteiger partial charge in [-0.25, -0.2) is 4.98 Å². The van der Waals surface area contributed by atoms with Crippen LogP contribution < -0.4 is 20.1 Å². The van der Waals surface area contributed by atoms with Gasteiger partial charge in [-0.2, -0.15) is 4.98 Å². The van der Waals surface area contributed by atoms with Gasteiger partial charge in [0.25, 0.3) is 0 Å². The average molecular weight is 351 g/mol. The van der Waals surface area contributed by atoms with E-state index in [1.807, 2.05) is 6.07 Å². The van der Waals surface area contributed by atoms with E-state index in [2.05, 4.69) is 34.4 Å². The van der Waals surface area contributed by atoms with E-state index in [0.717, 1.165) is 18.8 Å². The maximum atomic E-state index is 6.12. The van der Waals surface area contributed by atoms with Gasteiger partial charge in [0.1, 0.15) is 17.3 Å². The summed E-state index contributed by atoms with van der Waals surface area (Å²) in [6.45, 7) is 5.25. The summed E-state index contributed by atoms with van der Waals surface area (Å²) < 4.78 is 10.6. The fourth-order valence-corrected chi connectivity index (χ4v) is 2.32. The van der Waals surface area contributed by atoms with Crippen LogP contribution in [0.4, 0.5) is 17.5 Å². The van der Waals surface area contributed by atoms with E-state index in [4.69, 9.17) is 21.1 Å². The van der Waals surface area contributed by atoms with E-state index in [9.17, 15) is 0 Å². The summed E-state index contributed by atoms with van der Waals surface area (Å²) in [6.07, 6.45) is 2.78. The first-order valence-electron chi connectivity index (χ1n) is 7.79. The number of nitrogens with zero attached hydrogens (tertiary/aromatic N) is 2. The largest absolute Gasteiger partial charge is 0.495 e. The first-order chi connectivity index (χ1) is 11.5. The molecule has 7 heteroatoms. The highest BCUT2D eigenvalue weighted by Crippen LogP contribution is 2.36. The molecule has 0 atom stereocenters. The first-order valence-corrected chi connectivity index (χ1v) is 8.16. The van der Waals surface area contributed by atoms with Crippen LogP contribution in [0.1, 0.15) is 20.3 Å². The highest BCUT2D eigenvalue weighted by Gasteiger charge is 2.11. The van der Waals surface area contributed by atoms with Gasteiger partial charge in [0.15, 0.2) is 0 Å². The Labute approximate surface area is 147 Å². The standard InChI is InChI=1S/C17H23ClN4O2/c1-11(2)5-7-19-16-6-8-20-17(22-16)21-13-10-14(23-3)12(18)9-15(13)24-4/h6,8-11H,5,7H2,1-4H3,(H2,19,20,21,22). The topological polar surface area (TPSA) is 68.3 Å². The molecule has 2 aromatic rings. The van der Waals surface area contributed by atoms with Crippen LogP contribution in [-0.4, -0.2) is 30.7 Å². The molecule has 0 aliphatic heterocycles. The van der Waals surface area contributed by atoms with Crippen molar-refractivity contribution in [2.24, 2.45) is 5.92 Å². The number of nitrogens with one attached hydrogen (secondary N) is 2. The predicted octanol–water partition coefficient (Wildman–Crippen LogP) is 4.35. The smallest absolute Gasteiger partial charge is 0.229 e. The fourth-order valence-electron chi connectivity index (χ4n) is 2.08. The van der Waals surface area contributed by atoms with Crippen molar-refractivity contribution in [3.8, 4) is 11.5 Å². The number of halogens is 1. The van der Waals surface area contributed by atoms with Crippen molar-refractivity contribution < 1.29 is 9.47 Å². The molecule has 0 aliphatic carbocycles. The number of ether oxygens (including phenoxy) is 2. The molecule has 0 fully saturated rings. The lowest BCUT2D eigenvalue weighted by molar-refractivity contribution is 0.405. The second kappa shape index (κ2) is 8.59. The molecule has 0 unspecified atom stereocenters. The van der Waals surface area contributed by atoms with Crippen LogP contribution >= 0.6 is 11.6 Å². The lowest BCUT2D eigenvalue weighted by atomic mass is 10.1. The van der Waals surface area contributed by atoms with Crippen LogP contribution in [0, 0.1) is 5.92 Å². The summed E-state index contributed by atoms with van der Waals surface area (Å²) in [5, 5.41) is 6.91. The molecular formula is C17H23ClN4O2. The third kappa shape index (κ3) is 4.89. The molecule has 0 amide bonds. The first kappa shape index (κ1) is 18.1. The van der Waals surface area contributed by atoms with Crippen LogP contribution in [0.5, 0.6) is 11.5 Å². The zero-order valence-electron chi connectivity index (χ0n) is 14.4. The SMILES string of the molecule is COc1cc(Nc2nccc(NCCC(C)C)n2)c(OC)cc1Cl. The van der Waals surface area contributed by atoms with Crippen molar-refractivity contribution in [1.82, 2.24) is 9.97 Å². The van der Waals surface area contributed by atoms with Crippen LogP contribution in [-0.2, 0) is 0 Å². The van der Waals surface area contributed by atoms with Gasteiger partial charge in [-0.3, -0.25) is 0 Å². The quantitative estimate of drug-likeness (QED) is 0.737. The number of methoxy groups -OCH3 is 2. The summed E-state index contributed by atoms with van der Waals surface area (Å²) >= 11 is 6.12. The minimum Gasteiger partial charge on any atom is -0.495 e. The Morgan fingerprint density at radius 3 is 2.58 bits per heavy atom. The highest BCUT2D eigenvalue weighted by molar-refractivity contribution is 6.32. The molecule has 1 heterocycles. The Morgan fingerprint density at radius 1 is 1.17 bits per heavy atom. The Hall–Kier alpha value is -2.21. The van der Waals surface area contributed by atoms with E-state index in [1.54, 1.807) is 32.5 Å². The number of aromatic nitrogens is 2. The summed E-state index contributed by atoms with van der Waals surface area (Å²) in [5.41, 5.74) is 0.679. The predicted molar refractivity (Wildman–Crippen MR) is 97.8 cm³/mol. The van der Waals surface area contributed by atoms with Gasteiger partial charge in [0, 0.05) is 24.9 Å². The van der Waals surface area contributed by atoms with Gasteiger partial charge in [0.2, 0.25) is 5.95 Å². The second-order valence-electron chi connectivity index (χ2n) is 5.69. The monoisotopic (exact) mass is 350 g/mol. The van der Waals surface area contributed by atoms with Crippen molar-refractivity contribution in [2.45, 2.75) is 20.3 Å². The molecule has 2 rings (SSSR count). The van der Waals surface area contributed by atoms with E-state index in [1.165, 1.54) is 0 Å². The molecule has 0 saturated carbocycles. The van der Waals surface area contributed by atoms with Crippen molar-refractivity contribution in [2.75, 3.05) is 31.4 Å². The van der Waals surface area contributed by atoms with E-state index in [0.29, 0.717) is 34.1 Å². The van der Waals surface area contributed by atoms with E-state index in [-0.39, 0.29) is 0 Å². The molecule has 1 aromatic heterocycles. The zero-order chi connectivity index (χ0) is 17.5. The molecule has 0 aliphatic rings. The van der Waals surface area contributed by atoms with Crippen molar-refractivity contribution >= 4 is 29.1 Å². The number of hydrogen-bond acceptors (Lipinski definition) is 6.